The van der Waals surface area contributed by atoms with Crippen molar-refractivity contribution in [2.75, 3.05) is 26.3 Å². The predicted molar refractivity (Wildman–Crippen MR) is 81.9 cm³/mol. The summed E-state index contributed by atoms with van der Waals surface area (Å²) in [5, 5.41) is 21.3. The highest BCUT2D eigenvalue weighted by Crippen LogP contribution is 2.17. The van der Waals surface area contributed by atoms with E-state index >= 15 is 0 Å². The molecule has 0 aliphatic carbocycles. The third-order valence-electron chi connectivity index (χ3n) is 3.32. The van der Waals surface area contributed by atoms with Crippen LogP contribution in [0.2, 0.25) is 0 Å². The molecule has 0 fully saturated rings. The molecule has 0 heterocycles. The van der Waals surface area contributed by atoms with E-state index in [0.717, 1.165) is 25.8 Å². The van der Waals surface area contributed by atoms with E-state index in [4.69, 9.17) is 14.9 Å². The van der Waals surface area contributed by atoms with E-state index in [1.165, 1.54) is 6.07 Å². The molecule has 1 rings (SSSR count). The largest absolute Gasteiger partial charge is 0.491 e. The predicted octanol–water partition coefficient (Wildman–Crippen LogP) is 2.15. The van der Waals surface area contributed by atoms with Crippen LogP contribution in [0.4, 0.5) is 0 Å². The zero-order chi connectivity index (χ0) is 15.5. The van der Waals surface area contributed by atoms with Crippen molar-refractivity contribution in [3.8, 4) is 5.75 Å². The van der Waals surface area contributed by atoms with Crippen molar-refractivity contribution in [1.82, 2.24) is 5.32 Å². The van der Waals surface area contributed by atoms with Crippen molar-refractivity contribution in [1.29, 1.82) is 0 Å². The van der Waals surface area contributed by atoms with Gasteiger partial charge in [-0.1, -0.05) is 25.5 Å². The summed E-state index contributed by atoms with van der Waals surface area (Å²) in [6.45, 7) is 4.27. The first-order valence-corrected chi connectivity index (χ1v) is 7.45. The first kappa shape index (κ1) is 17.5. The minimum Gasteiger partial charge on any atom is -0.491 e. The van der Waals surface area contributed by atoms with Crippen LogP contribution in [0.1, 0.15) is 36.5 Å². The Morgan fingerprint density at radius 3 is 2.76 bits per heavy atom. The van der Waals surface area contributed by atoms with Crippen LogP contribution >= 0.6 is 0 Å². The van der Waals surface area contributed by atoms with E-state index in [9.17, 15) is 4.79 Å². The number of aliphatic hydroxyl groups is 1. The highest BCUT2D eigenvalue weighted by atomic mass is 16.5. The molecule has 118 valence electrons. The number of aliphatic hydroxyl groups excluding tert-OH is 1. The molecular weight excluding hydrogens is 270 g/mol. The van der Waals surface area contributed by atoms with Crippen LogP contribution in [0.25, 0.3) is 0 Å². The Morgan fingerprint density at radius 1 is 1.33 bits per heavy atom. The van der Waals surface area contributed by atoms with Gasteiger partial charge < -0.3 is 20.3 Å². The standard InChI is InChI=1S/C16H25NO4/c1-2-5-13(8-10-18)12-17-9-11-21-15-7-4-3-6-14(15)16(19)20/h3-4,6-7,13,17-18H,2,5,8-12H2,1H3,(H,19,20). The topological polar surface area (TPSA) is 78.8 Å². The summed E-state index contributed by atoms with van der Waals surface area (Å²) < 4.78 is 5.51. The maximum Gasteiger partial charge on any atom is 0.339 e. The molecule has 5 nitrogen and oxygen atoms in total. The van der Waals surface area contributed by atoms with Crippen molar-refractivity contribution < 1.29 is 19.7 Å². The highest BCUT2D eigenvalue weighted by Gasteiger charge is 2.10. The molecule has 0 saturated carbocycles. The van der Waals surface area contributed by atoms with Gasteiger partial charge in [-0.15, -0.1) is 0 Å². The lowest BCUT2D eigenvalue weighted by Crippen LogP contribution is -2.27. The Kier molecular flexibility index (Phi) is 8.47. The summed E-state index contributed by atoms with van der Waals surface area (Å²) in [4.78, 5) is 11.0. The summed E-state index contributed by atoms with van der Waals surface area (Å²) in [7, 11) is 0. The second-order valence-electron chi connectivity index (χ2n) is 5.02. The normalized spacial score (nSPS) is 12.1. The Labute approximate surface area is 125 Å². The van der Waals surface area contributed by atoms with Crippen LogP contribution in [0.5, 0.6) is 5.75 Å². The van der Waals surface area contributed by atoms with Gasteiger partial charge in [0.25, 0.3) is 0 Å². The number of rotatable bonds is 11. The van der Waals surface area contributed by atoms with E-state index in [1.54, 1.807) is 18.2 Å². The molecule has 0 radical (unpaired) electrons. The molecule has 1 aromatic carbocycles. The van der Waals surface area contributed by atoms with Gasteiger partial charge in [0, 0.05) is 13.2 Å². The Balaban J connectivity index is 2.29. The van der Waals surface area contributed by atoms with Gasteiger partial charge in [0.1, 0.15) is 17.9 Å². The summed E-state index contributed by atoms with van der Waals surface area (Å²) in [6, 6.07) is 6.63. The van der Waals surface area contributed by atoms with Crippen LogP contribution < -0.4 is 10.1 Å². The Hall–Kier alpha value is -1.59. The lowest BCUT2D eigenvalue weighted by atomic mass is 10.0. The van der Waals surface area contributed by atoms with Crippen LogP contribution in [-0.2, 0) is 0 Å². The number of aromatic carboxylic acids is 1. The van der Waals surface area contributed by atoms with Crippen LogP contribution in [-0.4, -0.2) is 42.5 Å². The van der Waals surface area contributed by atoms with E-state index in [0.29, 0.717) is 24.8 Å². The first-order valence-electron chi connectivity index (χ1n) is 7.45. The molecule has 0 amide bonds. The zero-order valence-corrected chi connectivity index (χ0v) is 12.5. The molecule has 5 heteroatoms. The van der Waals surface area contributed by atoms with E-state index in [-0.39, 0.29) is 12.2 Å². The van der Waals surface area contributed by atoms with Crippen molar-refractivity contribution in [3.63, 3.8) is 0 Å². The number of hydrogen-bond acceptors (Lipinski definition) is 4. The number of carbonyl (C=O) groups is 1. The molecular formula is C16H25NO4. The van der Waals surface area contributed by atoms with Gasteiger partial charge in [0.05, 0.1) is 0 Å². The minimum absolute atomic E-state index is 0.182. The van der Waals surface area contributed by atoms with Crippen LogP contribution in [0.3, 0.4) is 0 Å². The number of carboxylic acids is 1. The maximum absolute atomic E-state index is 11.0. The second kappa shape index (κ2) is 10.2. The van der Waals surface area contributed by atoms with Crippen molar-refractivity contribution in [2.45, 2.75) is 26.2 Å². The third kappa shape index (κ3) is 6.60. The monoisotopic (exact) mass is 295 g/mol. The summed E-state index contributed by atoms with van der Waals surface area (Å²) in [6.07, 6.45) is 3.01. The third-order valence-corrected chi connectivity index (χ3v) is 3.32. The molecule has 0 aliphatic heterocycles. The van der Waals surface area contributed by atoms with Crippen LogP contribution in [0, 0.1) is 5.92 Å². The fourth-order valence-electron chi connectivity index (χ4n) is 2.25. The average molecular weight is 295 g/mol. The Morgan fingerprint density at radius 2 is 2.10 bits per heavy atom. The summed E-state index contributed by atoms with van der Waals surface area (Å²) in [5.74, 6) is -0.108. The SMILES string of the molecule is CCCC(CCO)CNCCOc1ccccc1C(=O)O. The molecule has 1 aromatic rings. The lowest BCUT2D eigenvalue weighted by molar-refractivity contribution is 0.0692. The second-order valence-corrected chi connectivity index (χ2v) is 5.02. The van der Waals surface area contributed by atoms with Gasteiger partial charge in [-0.05, 0) is 37.4 Å². The number of carboxylic acid groups (broad SMARTS) is 1. The molecule has 0 saturated heterocycles. The van der Waals surface area contributed by atoms with E-state index in [1.807, 2.05) is 0 Å². The van der Waals surface area contributed by atoms with Gasteiger partial charge in [-0.2, -0.15) is 0 Å². The number of hydrogen-bond donors (Lipinski definition) is 3. The molecule has 1 atom stereocenters. The van der Waals surface area contributed by atoms with Gasteiger partial charge in [-0.25, -0.2) is 4.79 Å². The minimum atomic E-state index is -0.982. The molecule has 3 N–H and O–H groups in total. The van der Waals surface area contributed by atoms with Crippen molar-refractivity contribution in [3.05, 3.63) is 29.8 Å². The van der Waals surface area contributed by atoms with Crippen molar-refractivity contribution >= 4 is 5.97 Å². The van der Waals surface area contributed by atoms with Gasteiger partial charge in [0.2, 0.25) is 0 Å². The maximum atomic E-state index is 11.0. The molecule has 0 bridgehead atoms. The van der Waals surface area contributed by atoms with Crippen molar-refractivity contribution in [2.24, 2.45) is 5.92 Å². The molecule has 21 heavy (non-hydrogen) atoms. The van der Waals surface area contributed by atoms with Gasteiger partial charge in [0.15, 0.2) is 0 Å². The lowest BCUT2D eigenvalue weighted by Gasteiger charge is -2.16. The summed E-state index contributed by atoms with van der Waals surface area (Å²) in [5.41, 5.74) is 0.182. The quantitative estimate of drug-likeness (QED) is 0.545. The molecule has 0 spiro atoms. The zero-order valence-electron chi connectivity index (χ0n) is 12.5. The average Bonchev–Trinajstić information content (AvgIpc) is 2.47. The smallest absolute Gasteiger partial charge is 0.339 e. The fraction of sp³-hybridized carbons (Fsp3) is 0.562. The fourth-order valence-corrected chi connectivity index (χ4v) is 2.25. The number of para-hydroxylation sites is 1. The number of ether oxygens (including phenoxy) is 1. The van der Waals surface area contributed by atoms with Gasteiger partial charge >= 0.3 is 5.97 Å². The van der Waals surface area contributed by atoms with E-state index in [2.05, 4.69) is 12.2 Å². The van der Waals surface area contributed by atoms with Gasteiger partial charge in [-0.3, -0.25) is 0 Å². The highest BCUT2D eigenvalue weighted by molar-refractivity contribution is 5.90. The molecule has 0 aliphatic rings. The van der Waals surface area contributed by atoms with E-state index < -0.39 is 5.97 Å². The number of benzene rings is 1. The number of nitrogens with one attached hydrogen (secondary N) is 1. The molecule has 1 unspecified atom stereocenters. The summed E-state index contributed by atoms with van der Waals surface area (Å²) >= 11 is 0. The first-order chi connectivity index (χ1) is 10.2. The Bertz CT molecular complexity index is 416. The molecule has 0 aromatic heterocycles. The van der Waals surface area contributed by atoms with Crippen LogP contribution in [0.15, 0.2) is 24.3 Å².